The summed E-state index contributed by atoms with van der Waals surface area (Å²) in [4.78, 5) is 7.55. The van der Waals surface area contributed by atoms with E-state index < -0.39 is 5.97 Å². The molecule has 0 saturated heterocycles. The molecule has 0 bridgehead atoms. The fourth-order valence-corrected chi connectivity index (χ4v) is 0.780. The predicted molar refractivity (Wildman–Crippen MR) is 55.0 cm³/mol. The Morgan fingerprint density at radius 3 is 2.71 bits per heavy atom. The Morgan fingerprint density at radius 1 is 1.50 bits per heavy atom. The maximum atomic E-state index is 13.3. The summed E-state index contributed by atoms with van der Waals surface area (Å²) < 4.78 is 13.3. The lowest BCUT2D eigenvalue weighted by atomic mass is 10.2. The molecule has 2 N–H and O–H groups in total. The lowest BCUT2D eigenvalue weighted by molar-refractivity contribution is 0.800. The summed E-state index contributed by atoms with van der Waals surface area (Å²) in [5.41, 5.74) is 6.69. The molecule has 0 unspecified atom stereocenters. The molecule has 0 fully saturated rings. The summed E-state index contributed by atoms with van der Waals surface area (Å²) in [6, 6.07) is 3.37. The quantitative estimate of drug-likeness (QED) is 0.733. The molecule has 1 heterocycles. The molecule has 0 aliphatic heterocycles. The minimum Gasteiger partial charge on any atom is -0.402 e. The molecule has 74 valence electrons. The average Bonchev–Trinajstić information content (AvgIpc) is 2.18. The maximum Gasteiger partial charge on any atom is 0.218 e. The largest absolute Gasteiger partial charge is 0.402 e. The van der Waals surface area contributed by atoms with E-state index in [9.17, 15) is 4.39 Å². The highest BCUT2D eigenvalue weighted by Gasteiger charge is 2.02. The topological polar surface area (TPSA) is 51.3 Å². The molecule has 0 aliphatic rings. The van der Waals surface area contributed by atoms with E-state index in [2.05, 4.69) is 9.98 Å². The summed E-state index contributed by atoms with van der Waals surface area (Å²) >= 11 is 0. The molecule has 0 aliphatic carbocycles. The lowest BCUT2D eigenvalue weighted by Crippen LogP contribution is -2.01. The van der Waals surface area contributed by atoms with E-state index in [1.807, 2.05) is 0 Å². The van der Waals surface area contributed by atoms with Crippen molar-refractivity contribution in [3.63, 3.8) is 0 Å². The van der Waals surface area contributed by atoms with Gasteiger partial charge in [0.25, 0.3) is 0 Å². The van der Waals surface area contributed by atoms with E-state index in [4.69, 9.17) is 5.73 Å². The SMILES string of the molecule is C/C(N)=C(\C)C(F)=Nc1cccnc1. The number of pyridine rings is 1. The summed E-state index contributed by atoms with van der Waals surface area (Å²) in [6.07, 6.45) is 3.09. The molecule has 0 atom stereocenters. The van der Waals surface area contributed by atoms with E-state index in [0.29, 0.717) is 17.0 Å². The first kappa shape index (κ1) is 10.4. The van der Waals surface area contributed by atoms with Crippen LogP contribution in [0.2, 0.25) is 0 Å². The van der Waals surface area contributed by atoms with Crippen molar-refractivity contribution in [1.82, 2.24) is 4.98 Å². The third kappa shape index (κ3) is 2.65. The van der Waals surface area contributed by atoms with Gasteiger partial charge in [0.2, 0.25) is 5.97 Å². The maximum absolute atomic E-state index is 13.3. The molecule has 1 aromatic rings. The van der Waals surface area contributed by atoms with Gasteiger partial charge in [0.15, 0.2) is 0 Å². The molecule has 3 nitrogen and oxygen atoms in total. The van der Waals surface area contributed by atoms with E-state index in [0.717, 1.165) is 0 Å². The molecule has 0 spiro atoms. The second kappa shape index (κ2) is 4.50. The number of halogens is 1. The van der Waals surface area contributed by atoms with Crippen LogP contribution in [0.5, 0.6) is 0 Å². The minimum atomic E-state index is -0.571. The normalized spacial score (nSPS) is 13.8. The van der Waals surface area contributed by atoms with Crippen LogP contribution in [0.1, 0.15) is 13.8 Å². The summed E-state index contributed by atoms with van der Waals surface area (Å²) in [6.45, 7) is 3.22. The first-order valence-corrected chi connectivity index (χ1v) is 4.19. The van der Waals surface area contributed by atoms with E-state index >= 15 is 0 Å². The molecule has 1 aromatic heterocycles. The lowest BCUT2D eigenvalue weighted by Gasteiger charge is -1.99. The summed E-state index contributed by atoms with van der Waals surface area (Å²) in [5.74, 6) is -0.571. The highest BCUT2D eigenvalue weighted by molar-refractivity contribution is 5.94. The van der Waals surface area contributed by atoms with Crippen molar-refractivity contribution >= 4 is 11.7 Å². The van der Waals surface area contributed by atoms with Crippen LogP contribution in [0, 0.1) is 0 Å². The monoisotopic (exact) mass is 193 g/mol. The van der Waals surface area contributed by atoms with Crippen molar-refractivity contribution in [3.8, 4) is 0 Å². The number of rotatable bonds is 2. The van der Waals surface area contributed by atoms with Gasteiger partial charge in [-0.3, -0.25) is 4.98 Å². The Labute approximate surface area is 82.2 Å². The van der Waals surface area contributed by atoms with Gasteiger partial charge in [-0.15, -0.1) is 0 Å². The molecular formula is C10H12FN3. The van der Waals surface area contributed by atoms with Crippen molar-refractivity contribution in [2.24, 2.45) is 10.7 Å². The van der Waals surface area contributed by atoms with Crippen molar-refractivity contribution < 1.29 is 4.39 Å². The first-order chi connectivity index (χ1) is 6.61. The van der Waals surface area contributed by atoms with Crippen LogP contribution < -0.4 is 5.73 Å². The van der Waals surface area contributed by atoms with Crippen LogP contribution in [0.25, 0.3) is 0 Å². The van der Waals surface area contributed by atoms with Gasteiger partial charge < -0.3 is 5.73 Å². The van der Waals surface area contributed by atoms with Crippen molar-refractivity contribution in [2.75, 3.05) is 0 Å². The van der Waals surface area contributed by atoms with Crippen molar-refractivity contribution in [3.05, 3.63) is 35.8 Å². The van der Waals surface area contributed by atoms with Gasteiger partial charge in [-0.1, -0.05) is 0 Å². The second-order valence-corrected chi connectivity index (χ2v) is 2.92. The molecule has 14 heavy (non-hydrogen) atoms. The van der Waals surface area contributed by atoms with Crippen molar-refractivity contribution in [1.29, 1.82) is 0 Å². The smallest absolute Gasteiger partial charge is 0.218 e. The highest BCUT2D eigenvalue weighted by atomic mass is 19.1. The van der Waals surface area contributed by atoms with Crippen LogP contribution in [0.4, 0.5) is 10.1 Å². The van der Waals surface area contributed by atoms with Gasteiger partial charge in [0.05, 0.1) is 11.9 Å². The Hall–Kier alpha value is -1.71. The molecular weight excluding hydrogens is 181 g/mol. The van der Waals surface area contributed by atoms with Gasteiger partial charge in [0, 0.05) is 17.5 Å². The van der Waals surface area contributed by atoms with Gasteiger partial charge in [-0.2, -0.15) is 4.39 Å². The Morgan fingerprint density at radius 2 is 2.21 bits per heavy atom. The molecule has 4 heteroatoms. The van der Waals surface area contributed by atoms with Gasteiger partial charge in [-0.05, 0) is 26.0 Å². The number of nitrogens with zero attached hydrogens (tertiary/aromatic N) is 2. The first-order valence-electron chi connectivity index (χ1n) is 4.19. The van der Waals surface area contributed by atoms with E-state index in [1.54, 1.807) is 32.2 Å². The zero-order chi connectivity index (χ0) is 10.6. The highest BCUT2D eigenvalue weighted by Crippen LogP contribution is 2.12. The van der Waals surface area contributed by atoms with Crippen LogP contribution in [-0.4, -0.2) is 10.9 Å². The fourth-order valence-electron chi connectivity index (χ4n) is 0.780. The predicted octanol–water partition coefficient (Wildman–Crippen LogP) is 2.33. The molecule has 0 saturated carbocycles. The Kier molecular flexibility index (Phi) is 3.34. The molecule has 0 aromatic carbocycles. The molecule has 0 amide bonds. The standard InChI is InChI=1S/C10H12FN3/c1-7(8(2)12)10(11)14-9-4-3-5-13-6-9/h3-6H,12H2,1-2H3/b8-7-,14-10?. The van der Waals surface area contributed by atoms with Crippen LogP contribution >= 0.6 is 0 Å². The zero-order valence-electron chi connectivity index (χ0n) is 8.16. The van der Waals surface area contributed by atoms with Gasteiger partial charge >= 0.3 is 0 Å². The van der Waals surface area contributed by atoms with Gasteiger partial charge in [0.1, 0.15) is 0 Å². The Balaban J connectivity index is 2.96. The number of hydrogen-bond donors (Lipinski definition) is 1. The van der Waals surface area contributed by atoms with Crippen LogP contribution in [-0.2, 0) is 0 Å². The number of nitrogens with two attached hydrogens (primary N) is 1. The number of aromatic nitrogens is 1. The fraction of sp³-hybridized carbons (Fsp3) is 0.200. The van der Waals surface area contributed by atoms with Crippen molar-refractivity contribution in [2.45, 2.75) is 13.8 Å². The van der Waals surface area contributed by atoms with Gasteiger partial charge in [-0.25, -0.2) is 4.99 Å². The third-order valence-electron chi connectivity index (χ3n) is 1.77. The second-order valence-electron chi connectivity index (χ2n) is 2.92. The Bertz CT molecular complexity index is 364. The third-order valence-corrected chi connectivity index (χ3v) is 1.77. The van der Waals surface area contributed by atoms with E-state index in [1.165, 1.54) is 6.20 Å². The number of hydrogen-bond acceptors (Lipinski definition) is 3. The summed E-state index contributed by atoms with van der Waals surface area (Å²) in [7, 11) is 0. The van der Waals surface area contributed by atoms with E-state index in [-0.39, 0.29) is 0 Å². The number of allylic oxidation sites excluding steroid dienone is 2. The van der Waals surface area contributed by atoms with Crippen LogP contribution in [0.3, 0.4) is 0 Å². The average molecular weight is 193 g/mol. The van der Waals surface area contributed by atoms with Crippen LogP contribution in [0.15, 0.2) is 40.8 Å². The number of aliphatic imine (C=N–C) groups is 1. The zero-order valence-corrected chi connectivity index (χ0v) is 8.16. The summed E-state index contributed by atoms with van der Waals surface area (Å²) in [5, 5.41) is 0. The molecule has 0 radical (unpaired) electrons. The minimum absolute atomic E-state index is 0.355. The molecule has 1 rings (SSSR count).